The lowest BCUT2D eigenvalue weighted by molar-refractivity contribution is 0.397. The number of aromatic nitrogens is 2. The first-order valence-corrected chi connectivity index (χ1v) is 6.26. The van der Waals surface area contributed by atoms with E-state index < -0.39 is 0 Å². The summed E-state index contributed by atoms with van der Waals surface area (Å²) >= 11 is 1.68. The smallest absolute Gasteiger partial charge is 0.212 e. The summed E-state index contributed by atoms with van der Waals surface area (Å²) in [5.41, 5.74) is 2.24. The molecule has 2 aromatic rings. The number of thiazole rings is 1. The zero-order valence-electron chi connectivity index (χ0n) is 9.93. The van der Waals surface area contributed by atoms with Crippen LogP contribution < -0.4 is 10.1 Å². The van der Waals surface area contributed by atoms with E-state index >= 15 is 0 Å². The third-order valence-electron chi connectivity index (χ3n) is 2.32. The molecule has 0 saturated carbocycles. The van der Waals surface area contributed by atoms with Crippen LogP contribution in [0, 0.1) is 0 Å². The third-order valence-corrected chi connectivity index (χ3v) is 3.22. The first-order chi connectivity index (χ1) is 8.31. The molecule has 5 heteroatoms. The van der Waals surface area contributed by atoms with Gasteiger partial charge in [-0.15, -0.1) is 11.3 Å². The summed E-state index contributed by atoms with van der Waals surface area (Å²) in [6.45, 7) is 0.817. The number of nitrogens with zero attached hydrogens (tertiary/aromatic N) is 2. The zero-order chi connectivity index (χ0) is 12.1. The Morgan fingerprint density at radius 2 is 2.29 bits per heavy atom. The van der Waals surface area contributed by atoms with Gasteiger partial charge in [0.05, 0.1) is 17.8 Å². The Hall–Kier alpha value is -1.46. The highest BCUT2D eigenvalue weighted by Gasteiger charge is 2.03. The van der Waals surface area contributed by atoms with E-state index in [0.717, 1.165) is 29.2 Å². The molecule has 0 unspecified atom stereocenters. The average Bonchev–Trinajstić information content (AvgIpc) is 2.78. The number of methoxy groups -OCH3 is 1. The van der Waals surface area contributed by atoms with E-state index in [4.69, 9.17) is 4.74 Å². The van der Waals surface area contributed by atoms with Crippen LogP contribution in [0.5, 0.6) is 5.88 Å². The van der Waals surface area contributed by atoms with Gasteiger partial charge in [0.25, 0.3) is 0 Å². The van der Waals surface area contributed by atoms with Gasteiger partial charge in [-0.2, -0.15) is 0 Å². The minimum Gasteiger partial charge on any atom is -0.481 e. The van der Waals surface area contributed by atoms with Crippen LogP contribution in [0.4, 0.5) is 0 Å². The van der Waals surface area contributed by atoms with Gasteiger partial charge in [0.1, 0.15) is 0 Å². The Bertz CT molecular complexity index is 467. The molecule has 0 radical (unpaired) electrons. The molecule has 2 aromatic heterocycles. The molecule has 0 atom stereocenters. The Kier molecular flexibility index (Phi) is 4.06. The van der Waals surface area contributed by atoms with Gasteiger partial charge in [0.15, 0.2) is 0 Å². The van der Waals surface area contributed by atoms with E-state index in [2.05, 4.69) is 20.7 Å². The van der Waals surface area contributed by atoms with Crippen LogP contribution in [-0.4, -0.2) is 24.1 Å². The number of pyridine rings is 1. The maximum atomic E-state index is 5.02. The topological polar surface area (TPSA) is 47.0 Å². The van der Waals surface area contributed by atoms with E-state index in [9.17, 15) is 0 Å². The first kappa shape index (κ1) is 12.0. The lowest BCUT2D eigenvalue weighted by Crippen LogP contribution is -2.05. The van der Waals surface area contributed by atoms with Crippen molar-refractivity contribution >= 4 is 11.3 Å². The van der Waals surface area contributed by atoms with E-state index in [0.29, 0.717) is 5.88 Å². The maximum absolute atomic E-state index is 5.02. The van der Waals surface area contributed by atoms with E-state index in [-0.39, 0.29) is 0 Å². The molecule has 2 rings (SSSR count). The molecule has 0 spiro atoms. The van der Waals surface area contributed by atoms with Crippen molar-refractivity contribution in [3.63, 3.8) is 0 Å². The summed E-state index contributed by atoms with van der Waals surface area (Å²) < 4.78 is 5.02. The quantitative estimate of drug-likeness (QED) is 0.878. The fraction of sp³-hybridized carbons (Fsp3) is 0.333. The second-order valence-corrected chi connectivity index (χ2v) is 4.59. The molecule has 90 valence electrons. The molecule has 0 amide bonds. The molecular weight excluding hydrogens is 234 g/mol. The monoisotopic (exact) mass is 249 g/mol. The molecule has 2 heterocycles. The van der Waals surface area contributed by atoms with Crippen LogP contribution in [0.3, 0.4) is 0 Å². The van der Waals surface area contributed by atoms with Crippen LogP contribution >= 0.6 is 11.3 Å². The van der Waals surface area contributed by atoms with Gasteiger partial charge in [-0.25, -0.2) is 9.97 Å². The highest BCUT2D eigenvalue weighted by Crippen LogP contribution is 2.15. The summed E-state index contributed by atoms with van der Waals surface area (Å²) in [7, 11) is 3.54. The fourth-order valence-electron chi connectivity index (χ4n) is 1.50. The average molecular weight is 249 g/mol. The molecular formula is C12H15N3OS. The predicted octanol–water partition coefficient (Wildman–Crippen LogP) is 1.86. The molecule has 0 saturated heterocycles. The Morgan fingerprint density at radius 3 is 2.94 bits per heavy atom. The van der Waals surface area contributed by atoms with Crippen molar-refractivity contribution < 1.29 is 4.74 Å². The normalized spacial score (nSPS) is 10.5. The van der Waals surface area contributed by atoms with Crippen molar-refractivity contribution in [2.24, 2.45) is 0 Å². The fourth-order valence-corrected chi connectivity index (χ4v) is 2.33. The van der Waals surface area contributed by atoms with E-state index in [1.807, 2.05) is 25.4 Å². The molecule has 0 bridgehead atoms. The first-order valence-electron chi connectivity index (χ1n) is 5.38. The Morgan fingerprint density at radius 1 is 1.41 bits per heavy atom. The summed E-state index contributed by atoms with van der Waals surface area (Å²) in [6, 6.07) is 3.89. The molecule has 0 aliphatic rings. The molecule has 0 fully saturated rings. The van der Waals surface area contributed by atoms with Crippen LogP contribution in [0.25, 0.3) is 0 Å². The lowest BCUT2D eigenvalue weighted by atomic mass is 10.2. The predicted molar refractivity (Wildman–Crippen MR) is 68.5 cm³/mol. The van der Waals surface area contributed by atoms with Crippen LogP contribution in [0.1, 0.15) is 16.3 Å². The molecule has 0 aliphatic heterocycles. The Balaban J connectivity index is 2.03. The van der Waals surface area contributed by atoms with E-state index in [1.54, 1.807) is 18.4 Å². The lowest BCUT2D eigenvalue weighted by Gasteiger charge is -2.00. The zero-order valence-corrected chi connectivity index (χ0v) is 10.8. The Labute approximate surface area is 105 Å². The summed E-state index contributed by atoms with van der Waals surface area (Å²) in [5, 5.41) is 6.29. The second-order valence-electron chi connectivity index (χ2n) is 3.65. The van der Waals surface area contributed by atoms with Crippen molar-refractivity contribution in [3.05, 3.63) is 40.0 Å². The van der Waals surface area contributed by atoms with Gasteiger partial charge in [-0.3, -0.25) is 0 Å². The van der Waals surface area contributed by atoms with Gasteiger partial charge in [-0.05, 0) is 12.6 Å². The SMILES string of the molecule is CNCc1csc(Cc2ccc(OC)nc2)n1. The number of hydrogen-bond donors (Lipinski definition) is 1. The molecule has 0 aromatic carbocycles. The van der Waals surface area contributed by atoms with Crippen molar-refractivity contribution in [2.45, 2.75) is 13.0 Å². The van der Waals surface area contributed by atoms with Crippen molar-refractivity contribution in [1.82, 2.24) is 15.3 Å². The largest absolute Gasteiger partial charge is 0.481 e. The van der Waals surface area contributed by atoms with Gasteiger partial charge < -0.3 is 10.1 Å². The molecule has 1 N–H and O–H groups in total. The number of rotatable bonds is 5. The third kappa shape index (κ3) is 3.25. The molecule has 4 nitrogen and oxygen atoms in total. The highest BCUT2D eigenvalue weighted by atomic mass is 32.1. The second kappa shape index (κ2) is 5.75. The summed E-state index contributed by atoms with van der Waals surface area (Å²) in [5.74, 6) is 0.642. The molecule has 0 aliphatic carbocycles. The number of hydrogen-bond acceptors (Lipinski definition) is 5. The van der Waals surface area contributed by atoms with Crippen molar-refractivity contribution in [3.8, 4) is 5.88 Å². The number of ether oxygens (including phenoxy) is 1. The van der Waals surface area contributed by atoms with Crippen LogP contribution in [0.15, 0.2) is 23.7 Å². The van der Waals surface area contributed by atoms with Gasteiger partial charge in [-0.1, -0.05) is 6.07 Å². The van der Waals surface area contributed by atoms with E-state index in [1.165, 1.54) is 0 Å². The number of nitrogens with one attached hydrogen (secondary N) is 1. The molecule has 17 heavy (non-hydrogen) atoms. The van der Waals surface area contributed by atoms with Crippen molar-refractivity contribution in [2.75, 3.05) is 14.2 Å². The minimum absolute atomic E-state index is 0.642. The van der Waals surface area contributed by atoms with Gasteiger partial charge in [0.2, 0.25) is 5.88 Å². The van der Waals surface area contributed by atoms with Crippen LogP contribution in [0.2, 0.25) is 0 Å². The minimum atomic E-state index is 0.642. The summed E-state index contributed by atoms with van der Waals surface area (Å²) in [6.07, 6.45) is 2.66. The van der Waals surface area contributed by atoms with Crippen LogP contribution in [-0.2, 0) is 13.0 Å². The summed E-state index contributed by atoms with van der Waals surface area (Å²) in [4.78, 5) is 8.71. The standard InChI is InChI=1S/C12H15N3OS/c1-13-7-10-8-17-12(15-10)5-9-3-4-11(16-2)14-6-9/h3-4,6,8,13H,5,7H2,1-2H3. The van der Waals surface area contributed by atoms with Gasteiger partial charge >= 0.3 is 0 Å². The highest BCUT2D eigenvalue weighted by molar-refractivity contribution is 7.09. The maximum Gasteiger partial charge on any atom is 0.212 e. The van der Waals surface area contributed by atoms with Gasteiger partial charge in [0, 0.05) is 30.6 Å². The van der Waals surface area contributed by atoms with Crippen molar-refractivity contribution in [1.29, 1.82) is 0 Å².